The number of nitro benzene ring substituents is 2. The van der Waals surface area contributed by atoms with Gasteiger partial charge in [0.2, 0.25) is 0 Å². The van der Waals surface area contributed by atoms with Gasteiger partial charge in [-0.25, -0.2) is 0 Å². The third-order valence-electron chi connectivity index (χ3n) is 5.19. The Morgan fingerprint density at radius 1 is 0.535 bits per heavy atom. The van der Waals surface area contributed by atoms with Crippen LogP contribution in [0.5, 0.6) is 0 Å². The summed E-state index contributed by atoms with van der Waals surface area (Å²) < 4.78 is 48.5. The van der Waals surface area contributed by atoms with E-state index in [2.05, 4.69) is 5.32 Å². The second-order valence-corrected chi connectivity index (χ2v) is 8.44. The SMILES string of the molecule is NCCOCCOCCOCCOCCOCCOCCOCCOCCOCCNc1ccc([N+](=O)[O-])cc1[N+](=O)[O-]. The van der Waals surface area contributed by atoms with Crippen molar-refractivity contribution in [3.8, 4) is 0 Å². The highest BCUT2D eigenvalue weighted by Crippen LogP contribution is 2.28. The van der Waals surface area contributed by atoms with Crippen molar-refractivity contribution in [2.24, 2.45) is 5.73 Å². The molecule has 0 fully saturated rings. The molecule has 1 rings (SSSR count). The number of rotatable bonds is 32. The molecule has 17 heteroatoms. The second kappa shape index (κ2) is 28.2. The minimum atomic E-state index is -0.681. The zero-order chi connectivity index (χ0) is 31.2. The third kappa shape index (κ3) is 22.6. The number of anilines is 1. The number of hydrogen-bond donors (Lipinski definition) is 2. The van der Waals surface area contributed by atoms with Crippen LogP contribution in [0.15, 0.2) is 18.2 Å². The van der Waals surface area contributed by atoms with Gasteiger partial charge >= 0.3 is 0 Å². The van der Waals surface area contributed by atoms with E-state index < -0.39 is 9.85 Å². The largest absolute Gasteiger partial charge is 0.378 e. The van der Waals surface area contributed by atoms with E-state index in [1.165, 1.54) is 12.1 Å². The van der Waals surface area contributed by atoms with Crippen LogP contribution in [0.1, 0.15) is 0 Å². The van der Waals surface area contributed by atoms with Crippen molar-refractivity contribution in [3.05, 3.63) is 38.4 Å². The Morgan fingerprint density at radius 3 is 1.21 bits per heavy atom. The summed E-state index contributed by atoms with van der Waals surface area (Å²) in [6.07, 6.45) is 0. The van der Waals surface area contributed by atoms with E-state index in [0.717, 1.165) is 6.07 Å². The van der Waals surface area contributed by atoms with Crippen molar-refractivity contribution in [1.82, 2.24) is 0 Å². The first-order valence-electron chi connectivity index (χ1n) is 14.1. The zero-order valence-corrected chi connectivity index (χ0v) is 24.7. The fourth-order valence-electron chi connectivity index (χ4n) is 3.14. The summed E-state index contributed by atoms with van der Waals surface area (Å²) in [4.78, 5) is 20.6. The molecular formula is C26H46N4O13. The lowest BCUT2D eigenvalue weighted by molar-refractivity contribution is -0.393. The monoisotopic (exact) mass is 622 g/mol. The van der Waals surface area contributed by atoms with Crippen LogP contribution in [-0.4, -0.2) is 142 Å². The van der Waals surface area contributed by atoms with Gasteiger partial charge in [-0.3, -0.25) is 20.2 Å². The number of nitrogens with zero attached hydrogens (tertiary/aromatic N) is 2. The molecule has 0 atom stereocenters. The van der Waals surface area contributed by atoms with Gasteiger partial charge in [-0.05, 0) is 6.07 Å². The molecule has 0 aromatic heterocycles. The molecule has 0 bridgehead atoms. The number of non-ortho nitro benzene ring substituents is 1. The van der Waals surface area contributed by atoms with Crippen LogP contribution in [-0.2, 0) is 42.6 Å². The molecule has 0 unspecified atom stereocenters. The molecule has 17 nitrogen and oxygen atoms in total. The Kier molecular flexibility index (Phi) is 25.2. The van der Waals surface area contributed by atoms with Gasteiger partial charge < -0.3 is 53.7 Å². The van der Waals surface area contributed by atoms with Gasteiger partial charge in [-0.1, -0.05) is 0 Å². The molecule has 0 spiro atoms. The third-order valence-corrected chi connectivity index (χ3v) is 5.19. The standard InChI is InChI=1S/C26H46N4O13/c27-3-5-35-7-9-37-11-13-39-15-17-41-19-21-43-22-20-42-18-16-40-14-12-38-10-8-36-6-4-28-25-2-1-24(29(31)32)23-26(25)30(33)34/h1-2,23,28H,3-22,27H2. The van der Waals surface area contributed by atoms with E-state index in [-0.39, 0.29) is 23.7 Å². The highest BCUT2D eigenvalue weighted by atomic mass is 16.6. The topological polar surface area (TPSA) is 207 Å². The average Bonchev–Trinajstić information content (AvgIpc) is 3.00. The zero-order valence-electron chi connectivity index (χ0n) is 24.7. The molecule has 0 radical (unpaired) electrons. The maximum absolute atomic E-state index is 11.1. The van der Waals surface area contributed by atoms with Crippen LogP contribution in [0.2, 0.25) is 0 Å². The van der Waals surface area contributed by atoms with Gasteiger partial charge in [-0.2, -0.15) is 0 Å². The first kappa shape index (κ1) is 38.4. The van der Waals surface area contributed by atoms with Crippen molar-refractivity contribution >= 4 is 17.1 Å². The molecule has 0 amide bonds. The first-order valence-corrected chi connectivity index (χ1v) is 14.1. The van der Waals surface area contributed by atoms with Crippen molar-refractivity contribution < 1.29 is 52.5 Å². The number of nitro groups is 2. The highest BCUT2D eigenvalue weighted by molar-refractivity contribution is 5.65. The highest BCUT2D eigenvalue weighted by Gasteiger charge is 2.19. The molecular weight excluding hydrogens is 576 g/mol. The summed E-state index contributed by atoms with van der Waals surface area (Å²) in [6.45, 7) is 9.01. The molecule has 0 heterocycles. The molecule has 43 heavy (non-hydrogen) atoms. The molecule has 248 valence electrons. The van der Waals surface area contributed by atoms with E-state index in [4.69, 9.17) is 48.4 Å². The smallest absolute Gasteiger partial charge is 0.299 e. The van der Waals surface area contributed by atoms with Crippen molar-refractivity contribution in [2.45, 2.75) is 0 Å². The van der Waals surface area contributed by atoms with Crippen molar-refractivity contribution in [3.63, 3.8) is 0 Å². The van der Waals surface area contributed by atoms with Crippen LogP contribution in [0.3, 0.4) is 0 Å². The summed E-state index contributed by atoms with van der Waals surface area (Å²) in [6, 6.07) is 3.43. The molecule has 1 aromatic rings. The van der Waals surface area contributed by atoms with E-state index in [1.807, 2.05) is 0 Å². The quantitative estimate of drug-likeness (QED) is 0.0653. The van der Waals surface area contributed by atoms with E-state index >= 15 is 0 Å². The van der Waals surface area contributed by atoms with E-state index in [1.54, 1.807) is 0 Å². The lowest BCUT2D eigenvalue weighted by atomic mass is 10.2. The van der Waals surface area contributed by atoms with E-state index in [9.17, 15) is 20.2 Å². The van der Waals surface area contributed by atoms with Crippen LogP contribution in [0, 0.1) is 20.2 Å². The van der Waals surface area contributed by atoms with Crippen LogP contribution in [0.25, 0.3) is 0 Å². The van der Waals surface area contributed by atoms with Crippen molar-refractivity contribution in [2.75, 3.05) is 137 Å². The summed E-state index contributed by atoms with van der Waals surface area (Å²) in [5, 5.41) is 24.7. The number of ether oxygens (including phenoxy) is 9. The van der Waals surface area contributed by atoms with Crippen molar-refractivity contribution in [1.29, 1.82) is 0 Å². The predicted octanol–water partition coefficient (Wildman–Crippen LogP) is 1.02. The Balaban J connectivity index is 1.77. The molecule has 0 aliphatic carbocycles. The molecule has 3 N–H and O–H groups in total. The molecule has 1 aromatic carbocycles. The van der Waals surface area contributed by atoms with Gasteiger partial charge in [0.05, 0.1) is 135 Å². The lowest BCUT2D eigenvalue weighted by Gasteiger charge is -2.09. The van der Waals surface area contributed by atoms with E-state index in [0.29, 0.717) is 125 Å². The van der Waals surface area contributed by atoms with Gasteiger partial charge in [0.1, 0.15) is 5.69 Å². The molecule has 0 saturated carbocycles. The number of nitrogens with two attached hydrogens (primary N) is 1. The Labute approximate surface area is 251 Å². The maximum Gasteiger partial charge on any atom is 0.299 e. The summed E-state index contributed by atoms with van der Waals surface area (Å²) >= 11 is 0. The van der Waals surface area contributed by atoms with Gasteiger partial charge in [0, 0.05) is 19.2 Å². The summed E-state index contributed by atoms with van der Waals surface area (Å²) in [7, 11) is 0. The fraction of sp³-hybridized carbons (Fsp3) is 0.769. The normalized spacial score (nSPS) is 11.2. The Morgan fingerprint density at radius 2 is 0.884 bits per heavy atom. The van der Waals surface area contributed by atoms with Gasteiger partial charge in [-0.15, -0.1) is 0 Å². The minimum absolute atomic E-state index is 0.187. The summed E-state index contributed by atoms with van der Waals surface area (Å²) in [5.41, 5.74) is 4.79. The Hall–Kier alpha value is -2.58. The lowest BCUT2D eigenvalue weighted by Crippen LogP contribution is -2.16. The van der Waals surface area contributed by atoms with Crippen LogP contribution in [0.4, 0.5) is 17.1 Å². The summed E-state index contributed by atoms with van der Waals surface area (Å²) in [5.74, 6) is 0. The predicted molar refractivity (Wildman–Crippen MR) is 155 cm³/mol. The fourth-order valence-corrected chi connectivity index (χ4v) is 3.14. The molecule has 0 saturated heterocycles. The average molecular weight is 623 g/mol. The number of benzene rings is 1. The first-order chi connectivity index (χ1) is 21.1. The minimum Gasteiger partial charge on any atom is -0.378 e. The van der Waals surface area contributed by atoms with Crippen LogP contribution >= 0.6 is 0 Å². The van der Waals surface area contributed by atoms with Crippen LogP contribution < -0.4 is 11.1 Å². The number of nitrogens with one attached hydrogen (secondary N) is 1. The second-order valence-electron chi connectivity index (χ2n) is 8.44. The van der Waals surface area contributed by atoms with Gasteiger partial charge in [0.25, 0.3) is 11.4 Å². The Bertz CT molecular complexity index is 838. The number of hydrogen-bond acceptors (Lipinski definition) is 15. The molecule has 0 aliphatic heterocycles. The van der Waals surface area contributed by atoms with Gasteiger partial charge in [0.15, 0.2) is 0 Å². The molecule has 0 aliphatic rings. The maximum atomic E-state index is 11.1.